The summed E-state index contributed by atoms with van der Waals surface area (Å²) in [7, 11) is 1.70. The van der Waals surface area contributed by atoms with Gasteiger partial charge < -0.3 is 15.2 Å². The van der Waals surface area contributed by atoms with Crippen LogP contribution in [-0.4, -0.2) is 24.9 Å². The zero-order valence-electron chi connectivity index (χ0n) is 12.6. The molecule has 0 saturated heterocycles. The Morgan fingerprint density at radius 1 is 1.20 bits per heavy atom. The van der Waals surface area contributed by atoms with Crippen molar-refractivity contribution >= 4 is 0 Å². The molecular weight excluding hydrogens is 250 g/mol. The first kappa shape index (κ1) is 15.3. The fourth-order valence-corrected chi connectivity index (χ4v) is 2.99. The van der Waals surface area contributed by atoms with E-state index in [0.717, 1.165) is 44.4 Å². The molecule has 1 aromatic carbocycles. The van der Waals surface area contributed by atoms with Gasteiger partial charge in [0.1, 0.15) is 5.75 Å². The Hall–Kier alpha value is -1.06. The summed E-state index contributed by atoms with van der Waals surface area (Å²) in [6.45, 7) is 3.27. The molecule has 0 aliphatic heterocycles. The molecule has 3 heteroatoms. The number of aliphatic hydroxyl groups is 1. The van der Waals surface area contributed by atoms with Gasteiger partial charge in [-0.1, -0.05) is 19.1 Å². The summed E-state index contributed by atoms with van der Waals surface area (Å²) < 4.78 is 5.20. The van der Waals surface area contributed by atoms with Gasteiger partial charge in [-0.2, -0.15) is 0 Å². The number of benzene rings is 1. The van der Waals surface area contributed by atoms with Crippen LogP contribution in [0, 0.1) is 5.92 Å². The SMILES string of the molecule is CCC(NCC1CCC(O)CC1)c1ccc(OC)cc1. The standard InChI is InChI=1S/C17H27NO2/c1-3-17(14-6-10-16(20-2)11-7-14)18-12-13-4-8-15(19)9-5-13/h6-7,10-11,13,15,17-19H,3-5,8-9,12H2,1-2H3. The lowest BCUT2D eigenvalue weighted by atomic mass is 9.87. The van der Waals surface area contributed by atoms with Gasteiger partial charge in [-0.15, -0.1) is 0 Å². The summed E-state index contributed by atoms with van der Waals surface area (Å²) in [5, 5.41) is 13.2. The number of methoxy groups -OCH3 is 1. The Morgan fingerprint density at radius 2 is 1.85 bits per heavy atom. The van der Waals surface area contributed by atoms with Crippen LogP contribution in [0.15, 0.2) is 24.3 Å². The van der Waals surface area contributed by atoms with Gasteiger partial charge in [-0.05, 0) is 62.3 Å². The van der Waals surface area contributed by atoms with E-state index in [1.54, 1.807) is 7.11 Å². The third kappa shape index (κ3) is 4.22. The number of hydrogen-bond donors (Lipinski definition) is 2. The van der Waals surface area contributed by atoms with Gasteiger partial charge >= 0.3 is 0 Å². The summed E-state index contributed by atoms with van der Waals surface area (Å²) in [4.78, 5) is 0. The molecule has 20 heavy (non-hydrogen) atoms. The van der Waals surface area contributed by atoms with Crippen molar-refractivity contribution in [1.82, 2.24) is 5.32 Å². The molecule has 112 valence electrons. The van der Waals surface area contributed by atoms with E-state index in [0.29, 0.717) is 12.0 Å². The second kappa shape index (κ2) is 7.65. The van der Waals surface area contributed by atoms with Crippen LogP contribution in [0.3, 0.4) is 0 Å². The molecule has 1 aromatic rings. The predicted molar refractivity (Wildman–Crippen MR) is 82.0 cm³/mol. The average molecular weight is 277 g/mol. The van der Waals surface area contributed by atoms with Crippen molar-refractivity contribution in [1.29, 1.82) is 0 Å². The number of ether oxygens (including phenoxy) is 1. The van der Waals surface area contributed by atoms with E-state index in [-0.39, 0.29) is 6.10 Å². The first-order valence-corrected chi connectivity index (χ1v) is 7.78. The fourth-order valence-electron chi connectivity index (χ4n) is 2.99. The molecule has 1 atom stereocenters. The lowest BCUT2D eigenvalue weighted by Crippen LogP contribution is -2.30. The summed E-state index contributed by atoms with van der Waals surface area (Å²) in [6, 6.07) is 8.75. The van der Waals surface area contributed by atoms with E-state index in [1.807, 2.05) is 12.1 Å². The van der Waals surface area contributed by atoms with Gasteiger partial charge in [0, 0.05) is 6.04 Å². The maximum absolute atomic E-state index is 9.55. The molecule has 3 nitrogen and oxygen atoms in total. The van der Waals surface area contributed by atoms with Gasteiger partial charge in [0.15, 0.2) is 0 Å². The molecule has 1 saturated carbocycles. The molecule has 1 aliphatic rings. The zero-order valence-corrected chi connectivity index (χ0v) is 12.6. The fraction of sp³-hybridized carbons (Fsp3) is 0.647. The first-order valence-electron chi connectivity index (χ1n) is 7.78. The van der Waals surface area contributed by atoms with Crippen molar-refractivity contribution in [3.63, 3.8) is 0 Å². The minimum absolute atomic E-state index is 0.0604. The van der Waals surface area contributed by atoms with Crippen LogP contribution in [0.1, 0.15) is 50.6 Å². The summed E-state index contributed by atoms with van der Waals surface area (Å²) >= 11 is 0. The molecule has 2 rings (SSSR count). The van der Waals surface area contributed by atoms with Gasteiger partial charge in [-0.25, -0.2) is 0 Å². The van der Waals surface area contributed by atoms with Crippen LogP contribution in [0.5, 0.6) is 5.75 Å². The first-order chi connectivity index (χ1) is 9.72. The van der Waals surface area contributed by atoms with Gasteiger partial charge in [0.05, 0.1) is 13.2 Å². The molecule has 0 radical (unpaired) electrons. The van der Waals surface area contributed by atoms with E-state index in [4.69, 9.17) is 4.74 Å². The molecule has 1 fully saturated rings. The maximum Gasteiger partial charge on any atom is 0.118 e. The Labute approximate surface area is 122 Å². The molecule has 1 aliphatic carbocycles. The van der Waals surface area contributed by atoms with E-state index < -0.39 is 0 Å². The second-order valence-electron chi connectivity index (χ2n) is 5.82. The highest BCUT2D eigenvalue weighted by atomic mass is 16.5. The lowest BCUT2D eigenvalue weighted by Gasteiger charge is -2.27. The van der Waals surface area contributed by atoms with Gasteiger partial charge in [0.25, 0.3) is 0 Å². The van der Waals surface area contributed by atoms with Crippen LogP contribution in [-0.2, 0) is 0 Å². The molecule has 0 aromatic heterocycles. The quantitative estimate of drug-likeness (QED) is 0.838. The van der Waals surface area contributed by atoms with Crippen molar-refractivity contribution in [2.75, 3.05) is 13.7 Å². The molecule has 0 bridgehead atoms. The van der Waals surface area contributed by atoms with Gasteiger partial charge in [0.2, 0.25) is 0 Å². The van der Waals surface area contributed by atoms with Crippen molar-refractivity contribution in [2.45, 2.75) is 51.2 Å². The molecule has 2 N–H and O–H groups in total. The van der Waals surface area contributed by atoms with Crippen LogP contribution in [0.4, 0.5) is 0 Å². The van der Waals surface area contributed by atoms with E-state index in [1.165, 1.54) is 5.56 Å². The Morgan fingerprint density at radius 3 is 2.40 bits per heavy atom. The Kier molecular flexibility index (Phi) is 5.86. The highest BCUT2D eigenvalue weighted by molar-refractivity contribution is 5.29. The summed E-state index contributed by atoms with van der Waals surface area (Å²) in [5.74, 6) is 1.62. The maximum atomic E-state index is 9.55. The minimum Gasteiger partial charge on any atom is -0.497 e. The molecular formula is C17H27NO2. The predicted octanol–water partition coefficient (Wildman–Crippen LogP) is 3.29. The molecule has 1 unspecified atom stereocenters. The Bertz CT molecular complexity index is 382. The highest BCUT2D eigenvalue weighted by Crippen LogP contribution is 2.25. The molecule has 0 spiro atoms. The van der Waals surface area contributed by atoms with Crippen molar-refractivity contribution in [3.05, 3.63) is 29.8 Å². The molecule has 0 heterocycles. The van der Waals surface area contributed by atoms with Gasteiger partial charge in [-0.3, -0.25) is 0 Å². The van der Waals surface area contributed by atoms with Crippen molar-refractivity contribution < 1.29 is 9.84 Å². The smallest absolute Gasteiger partial charge is 0.118 e. The largest absolute Gasteiger partial charge is 0.497 e. The number of nitrogens with one attached hydrogen (secondary N) is 1. The highest BCUT2D eigenvalue weighted by Gasteiger charge is 2.20. The summed E-state index contributed by atoms with van der Waals surface area (Å²) in [5.41, 5.74) is 1.32. The molecule has 0 amide bonds. The second-order valence-corrected chi connectivity index (χ2v) is 5.82. The van der Waals surface area contributed by atoms with Crippen LogP contribution >= 0.6 is 0 Å². The van der Waals surface area contributed by atoms with Crippen molar-refractivity contribution in [3.8, 4) is 5.75 Å². The third-order valence-electron chi connectivity index (χ3n) is 4.40. The third-order valence-corrected chi connectivity index (χ3v) is 4.40. The van der Waals surface area contributed by atoms with Crippen LogP contribution in [0.25, 0.3) is 0 Å². The van der Waals surface area contributed by atoms with Crippen LogP contribution < -0.4 is 10.1 Å². The van der Waals surface area contributed by atoms with E-state index >= 15 is 0 Å². The van der Waals surface area contributed by atoms with Crippen molar-refractivity contribution in [2.24, 2.45) is 5.92 Å². The zero-order chi connectivity index (χ0) is 14.4. The van der Waals surface area contributed by atoms with E-state index in [2.05, 4.69) is 24.4 Å². The number of hydrogen-bond acceptors (Lipinski definition) is 3. The Balaban J connectivity index is 1.85. The van der Waals surface area contributed by atoms with Crippen LogP contribution in [0.2, 0.25) is 0 Å². The lowest BCUT2D eigenvalue weighted by molar-refractivity contribution is 0.107. The van der Waals surface area contributed by atoms with E-state index in [9.17, 15) is 5.11 Å². The monoisotopic (exact) mass is 277 g/mol. The average Bonchev–Trinajstić information content (AvgIpc) is 2.50. The number of aliphatic hydroxyl groups excluding tert-OH is 1. The minimum atomic E-state index is -0.0604. The normalized spacial score (nSPS) is 24.4. The number of rotatable bonds is 6. The summed E-state index contributed by atoms with van der Waals surface area (Å²) in [6.07, 6.45) is 5.24. The topological polar surface area (TPSA) is 41.5 Å².